The average Bonchev–Trinajstić information content (AvgIpc) is 3.17. The van der Waals surface area contributed by atoms with E-state index < -0.39 is 0 Å². The summed E-state index contributed by atoms with van der Waals surface area (Å²) in [6.45, 7) is 10.6. The molecule has 1 saturated heterocycles. The van der Waals surface area contributed by atoms with E-state index in [9.17, 15) is 10.2 Å². The lowest BCUT2D eigenvalue weighted by Gasteiger charge is -2.31. The molecule has 3 atom stereocenters. The number of ether oxygens (including phenoxy) is 2. The van der Waals surface area contributed by atoms with Crippen LogP contribution in [0.1, 0.15) is 43.6 Å². The Morgan fingerprint density at radius 2 is 1.54 bits per heavy atom. The van der Waals surface area contributed by atoms with Gasteiger partial charge in [0.15, 0.2) is 0 Å². The predicted molar refractivity (Wildman–Crippen MR) is 139 cm³/mol. The fourth-order valence-electron chi connectivity index (χ4n) is 5.15. The second kappa shape index (κ2) is 9.67. The molecule has 3 aromatic rings. The summed E-state index contributed by atoms with van der Waals surface area (Å²) in [6, 6.07) is 20.5. The summed E-state index contributed by atoms with van der Waals surface area (Å²) in [5.41, 5.74) is 5.05. The number of allylic oxidation sites excluding steroid dienone is 1. The highest BCUT2D eigenvalue weighted by Gasteiger charge is 2.30. The normalized spacial score (nSPS) is 22.1. The quantitative estimate of drug-likeness (QED) is 0.453. The van der Waals surface area contributed by atoms with Gasteiger partial charge in [0.05, 0.1) is 0 Å². The average molecular weight is 472 g/mol. The second-order valence-electron chi connectivity index (χ2n) is 9.90. The Balaban J connectivity index is 1.37. The number of fused-ring (bicyclic) bond motifs is 1. The fraction of sp³-hybridized carbons (Fsp3) is 0.333. The van der Waals surface area contributed by atoms with E-state index in [0.717, 1.165) is 65.1 Å². The molecule has 0 radical (unpaired) electrons. The van der Waals surface area contributed by atoms with Crippen molar-refractivity contribution in [3.05, 3.63) is 83.4 Å². The number of hydrogen-bond acceptors (Lipinski definition) is 5. The van der Waals surface area contributed by atoms with Crippen LogP contribution in [0.5, 0.6) is 23.0 Å². The van der Waals surface area contributed by atoms with Gasteiger partial charge in [0.2, 0.25) is 0 Å². The zero-order valence-corrected chi connectivity index (χ0v) is 20.6. The minimum Gasteiger partial charge on any atom is -0.508 e. The Morgan fingerprint density at radius 1 is 0.886 bits per heavy atom. The van der Waals surface area contributed by atoms with E-state index in [1.807, 2.05) is 42.5 Å². The maximum Gasteiger partial charge on any atom is 0.150 e. The molecule has 2 aliphatic heterocycles. The van der Waals surface area contributed by atoms with Crippen LogP contribution in [0, 0.1) is 11.8 Å². The van der Waals surface area contributed by atoms with Crippen LogP contribution in [0.25, 0.3) is 11.1 Å². The van der Waals surface area contributed by atoms with Crippen LogP contribution in [0.3, 0.4) is 0 Å². The summed E-state index contributed by atoms with van der Waals surface area (Å²) in [5.74, 6) is 3.39. The second-order valence-corrected chi connectivity index (χ2v) is 9.90. The lowest BCUT2D eigenvalue weighted by atomic mass is 9.86. The van der Waals surface area contributed by atoms with Gasteiger partial charge in [0.1, 0.15) is 35.7 Å². The Morgan fingerprint density at radius 3 is 2.23 bits per heavy atom. The molecule has 0 saturated carbocycles. The maximum absolute atomic E-state index is 10.0. The number of hydrogen-bond donors (Lipinski definition) is 2. The standard InChI is InChI=1S/C30H33NO4/c1-19-17-31(18-20(19)2)14-15-34-26-11-6-23(7-12-26)30-29(22-4-8-24(32)9-5-22)21(3)27-13-10-25(33)16-28(27)35-30/h4-13,16,19-20,30,32-33H,14-15,17-18H2,1-3H3/t19-,20-,30-/m0/s1. The molecule has 0 amide bonds. The van der Waals surface area contributed by atoms with Crippen molar-refractivity contribution in [3.63, 3.8) is 0 Å². The molecule has 182 valence electrons. The van der Waals surface area contributed by atoms with E-state index in [4.69, 9.17) is 9.47 Å². The predicted octanol–water partition coefficient (Wildman–Crippen LogP) is 6.13. The zero-order valence-electron chi connectivity index (χ0n) is 20.6. The molecule has 35 heavy (non-hydrogen) atoms. The molecule has 2 heterocycles. The minimum atomic E-state index is -0.351. The molecule has 5 rings (SSSR count). The summed E-state index contributed by atoms with van der Waals surface area (Å²) in [6.07, 6.45) is -0.351. The SMILES string of the molecule is CC1=C(c2ccc(O)cc2)[C@H](c2ccc(OCCN3C[C@H](C)[C@@H](C)C3)cc2)Oc2cc(O)ccc21. The van der Waals surface area contributed by atoms with E-state index in [1.165, 1.54) is 0 Å². The summed E-state index contributed by atoms with van der Waals surface area (Å²) >= 11 is 0. The molecule has 5 heteroatoms. The molecular formula is C30H33NO4. The third kappa shape index (κ3) is 4.87. The first-order chi connectivity index (χ1) is 16.9. The number of phenolic OH excluding ortho intramolecular Hbond substituents is 2. The lowest BCUT2D eigenvalue weighted by Crippen LogP contribution is -2.26. The third-order valence-electron chi connectivity index (χ3n) is 7.38. The van der Waals surface area contributed by atoms with Gasteiger partial charge in [-0.05, 0) is 71.9 Å². The van der Waals surface area contributed by atoms with Gasteiger partial charge < -0.3 is 19.7 Å². The smallest absolute Gasteiger partial charge is 0.150 e. The van der Waals surface area contributed by atoms with Gasteiger partial charge in [-0.1, -0.05) is 38.1 Å². The summed E-state index contributed by atoms with van der Waals surface area (Å²) in [4.78, 5) is 2.48. The topological polar surface area (TPSA) is 62.2 Å². The van der Waals surface area contributed by atoms with Crippen molar-refractivity contribution < 1.29 is 19.7 Å². The van der Waals surface area contributed by atoms with Gasteiger partial charge in [0, 0.05) is 36.8 Å². The molecule has 0 unspecified atom stereocenters. The van der Waals surface area contributed by atoms with E-state index in [0.29, 0.717) is 12.4 Å². The van der Waals surface area contributed by atoms with E-state index in [1.54, 1.807) is 24.3 Å². The molecule has 5 nitrogen and oxygen atoms in total. The molecule has 3 aromatic carbocycles. The minimum absolute atomic E-state index is 0.175. The third-order valence-corrected chi connectivity index (χ3v) is 7.38. The Labute approximate surface area is 207 Å². The molecule has 0 aromatic heterocycles. The van der Waals surface area contributed by atoms with Gasteiger partial charge in [-0.2, -0.15) is 0 Å². The van der Waals surface area contributed by atoms with Crippen molar-refractivity contribution in [2.45, 2.75) is 26.9 Å². The van der Waals surface area contributed by atoms with Crippen molar-refractivity contribution >= 4 is 11.1 Å². The first kappa shape index (κ1) is 23.3. The summed E-state index contributed by atoms with van der Waals surface area (Å²) in [5, 5.41) is 19.8. The van der Waals surface area contributed by atoms with Crippen LogP contribution in [-0.4, -0.2) is 41.4 Å². The molecule has 0 spiro atoms. The Hall–Kier alpha value is -3.44. The molecule has 0 bridgehead atoms. The van der Waals surface area contributed by atoms with E-state index >= 15 is 0 Å². The number of likely N-dealkylation sites (tertiary alicyclic amines) is 1. The molecule has 2 aliphatic rings. The van der Waals surface area contributed by atoms with Crippen molar-refractivity contribution in [1.29, 1.82) is 0 Å². The highest BCUT2D eigenvalue weighted by molar-refractivity contribution is 5.95. The first-order valence-corrected chi connectivity index (χ1v) is 12.3. The van der Waals surface area contributed by atoms with Crippen molar-refractivity contribution in [2.24, 2.45) is 11.8 Å². The maximum atomic E-state index is 10.0. The summed E-state index contributed by atoms with van der Waals surface area (Å²) < 4.78 is 12.5. The van der Waals surface area contributed by atoms with Crippen molar-refractivity contribution in [3.8, 4) is 23.0 Å². The van der Waals surface area contributed by atoms with Gasteiger partial charge in [-0.3, -0.25) is 4.90 Å². The highest BCUT2D eigenvalue weighted by atomic mass is 16.5. The van der Waals surface area contributed by atoms with E-state index in [-0.39, 0.29) is 17.6 Å². The van der Waals surface area contributed by atoms with E-state index in [2.05, 4.69) is 25.7 Å². The molecular weight excluding hydrogens is 438 g/mol. The van der Waals surface area contributed by atoms with Gasteiger partial charge in [-0.25, -0.2) is 0 Å². The highest BCUT2D eigenvalue weighted by Crippen LogP contribution is 2.47. The van der Waals surface area contributed by atoms with Crippen LogP contribution >= 0.6 is 0 Å². The van der Waals surface area contributed by atoms with Crippen LogP contribution in [-0.2, 0) is 0 Å². The van der Waals surface area contributed by atoms with Gasteiger partial charge >= 0.3 is 0 Å². The summed E-state index contributed by atoms with van der Waals surface area (Å²) in [7, 11) is 0. The molecule has 1 fully saturated rings. The number of rotatable bonds is 6. The van der Waals surface area contributed by atoms with Crippen LogP contribution in [0.15, 0.2) is 66.7 Å². The van der Waals surface area contributed by atoms with Gasteiger partial charge in [-0.15, -0.1) is 0 Å². The first-order valence-electron chi connectivity index (χ1n) is 12.3. The van der Waals surface area contributed by atoms with Crippen LogP contribution in [0.2, 0.25) is 0 Å². The lowest BCUT2D eigenvalue weighted by molar-refractivity contribution is 0.231. The monoisotopic (exact) mass is 471 g/mol. The van der Waals surface area contributed by atoms with Crippen LogP contribution < -0.4 is 9.47 Å². The number of nitrogens with zero attached hydrogens (tertiary/aromatic N) is 1. The Kier molecular flexibility index (Phi) is 6.44. The Bertz CT molecular complexity index is 1210. The van der Waals surface area contributed by atoms with Crippen molar-refractivity contribution in [2.75, 3.05) is 26.2 Å². The fourth-order valence-corrected chi connectivity index (χ4v) is 5.15. The van der Waals surface area contributed by atoms with Gasteiger partial charge in [0.25, 0.3) is 0 Å². The largest absolute Gasteiger partial charge is 0.508 e. The van der Waals surface area contributed by atoms with Crippen LogP contribution in [0.4, 0.5) is 0 Å². The van der Waals surface area contributed by atoms with Crippen molar-refractivity contribution in [1.82, 2.24) is 4.90 Å². The molecule has 0 aliphatic carbocycles. The number of benzene rings is 3. The molecule has 2 N–H and O–H groups in total. The number of aromatic hydroxyl groups is 2. The number of phenols is 2. The zero-order chi connectivity index (χ0) is 24.5.